The zero-order valence-corrected chi connectivity index (χ0v) is 11.8. The van der Waals surface area contributed by atoms with E-state index in [1.807, 2.05) is 5.23 Å². The molecule has 2 aliphatic heterocycles. The fourth-order valence-corrected chi connectivity index (χ4v) is 4.36. The maximum absolute atomic E-state index is 12.3. The smallest absolute Gasteiger partial charge is 0.203 e. The first kappa shape index (κ1) is 12.9. The monoisotopic (exact) mass is 295 g/mol. The number of hydrogen-bond donors (Lipinski definition) is 1. The van der Waals surface area contributed by atoms with Crippen LogP contribution in [0.4, 0.5) is 0 Å². The number of nitrogens with one attached hydrogen (secondary N) is 1. The van der Waals surface area contributed by atoms with Gasteiger partial charge in [0, 0.05) is 12.8 Å². The highest BCUT2D eigenvalue weighted by Crippen LogP contribution is 2.36. The van der Waals surface area contributed by atoms with Crippen molar-refractivity contribution in [3.05, 3.63) is 27.4 Å². The number of rotatable bonds is 2. The van der Waals surface area contributed by atoms with Crippen LogP contribution in [0.3, 0.4) is 0 Å². The highest BCUT2D eigenvalue weighted by atomic mass is 32.2. The molecular formula is C13H13NO3S2. The average molecular weight is 295 g/mol. The highest BCUT2D eigenvalue weighted by Gasteiger charge is 2.21. The number of aromatic nitrogens is 1. The molecule has 2 atom stereocenters. The number of hydrogen-bond acceptors (Lipinski definition) is 4. The van der Waals surface area contributed by atoms with Gasteiger partial charge in [-0.2, -0.15) is 0 Å². The predicted octanol–water partition coefficient (Wildman–Crippen LogP) is 2.67. The van der Waals surface area contributed by atoms with Crippen LogP contribution in [0, 0.1) is 0 Å². The fourth-order valence-electron chi connectivity index (χ4n) is 2.15. The molecule has 2 aliphatic rings. The van der Waals surface area contributed by atoms with E-state index in [-0.39, 0.29) is 10.9 Å². The van der Waals surface area contributed by atoms with Crippen LogP contribution in [0.25, 0.3) is 6.08 Å². The summed E-state index contributed by atoms with van der Waals surface area (Å²) in [5, 5.41) is 4.34. The molecule has 1 N–H and O–H groups in total. The quantitative estimate of drug-likeness (QED) is 0.852. The molecule has 0 spiro atoms. The topological polar surface area (TPSA) is 59.2 Å². The summed E-state index contributed by atoms with van der Waals surface area (Å²) < 4.78 is 5.63. The van der Waals surface area contributed by atoms with Gasteiger partial charge in [0.1, 0.15) is 5.44 Å². The largest absolute Gasteiger partial charge is 0.367 e. The number of pyridine rings is 1. The van der Waals surface area contributed by atoms with Crippen molar-refractivity contribution in [3.8, 4) is 0 Å². The Bertz CT molecular complexity index is 638. The summed E-state index contributed by atoms with van der Waals surface area (Å²) in [7, 11) is -0.717. The minimum absolute atomic E-state index is 0.0191. The third kappa shape index (κ3) is 2.49. The van der Waals surface area contributed by atoms with E-state index in [1.54, 1.807) is 17.7 Å². The molecule has 4 nitrogen and oxygen atoms in total. The predicted molar refractivity (Wildman–Crippen MR) is 77.1 cm³/mol. The van der Waals surface area contributed by atoms with Crippen molar-refractivity contribution in [3.63, 3.8) is 0 Å². The van der Waals surface area contributed by atoms with Gasteiger partial charge in [-0.1, -0.05) is 11.8 Å². The molecule has 1 aromatic heterocycles. The second-order valence-corrected chi connectivity index (χ2v) is 7.09. The van der Waals surface area contributed by atoms with Gasteiger partial charge in [0.05, 0.1) is 15.5 Å². The molecule has 0 aromatic carbocycles. The summed E-state index contributed by atoms with van der Waals surface area (Å²) in [6.07, 6.45) is 6.62. The molecule has 1 aromatic rings. The van der Waals surface area contributed by atoms with E-state index in [0.29, 0.717) is 15.5 Å². The normalized spacial score (nSPS) is 25.1. The molecule has 100 valence electrons. The summed E-state index contributed by atoms with van der Waals surface area (Å²) in [4.78, 5) is 26.8. The Morgan fingerprint density at radius 1 is 1.47 bits per heavy atom. The SMILES string of the molecule is O=C=S1C=Cc2c1[nH]cc(SC1CCCCO1)c2=O. The average Bonchev–Trinajstić information content (AvgIpc) is 2.87. The standard InChI is InChI=1S/C13H13NO3S2/c15-8-19-6-4-9-12(16)10(7-14-13(9)19)18-11-3-1-2-5-17-11/h4,6-7,11H,1-3,5H2,(H,14,16). The first-order chi connectivity index (χ1) is 9.29. The molecule has 3 heterocycles. The number of aromatic amines is 1. The third-order valence-corrected chi connectivity index (χ3v) is 5.68. The maximum Gasteiger partial charge on any atom is 0.203 e. The number of thioether (sulfide) groups is 1. The molecule has 1 saturated heterocycles. The van der Waals surface area contributed by atoms with Crippen LogP contribution in [0.2, 0.25) is 0 Å². The van der Waals surface area contributed by atoms with E-state index in [0.717, 1.165) is 25.9 Å². The van der Waals surface area contributed by atoms with Gasteiger partial charge in [0.2, 0.25) is 5.43 Å². The second kappa shape index (κ2) is 5.51. The van der Waals surface area contributed by atoms with E-state index in [2.05, 4.69) is 4.98 Å². The Morgan fingerprint density at radius 2 is 2.37 bits per heavy atom. The molecular weight excluding hydrogens is 282 g/mol. The fraction of sp³-hybridized carbons (Fsp3) is 0.385. The van der Waals surface area contributed by atoms with Gasteiger partial charge in [0.25, 0.3) is 0 Å². The molecule has 1 fully saturated rings. The Labute approximate surface area is 117 Å². The summed E-state index contributed by atoms with van der Waals surface area (Å²) in [5.41, 5.74) is 0.635. The zero-order valence-electron chi connectivity index (χ0n) is 10.2. The van der Waals surface area contributed by atoms with E-state index in [9.17, 15) is 9.59 Å². The molecule has 19 heavy (non-hydrogen) atoms. The molecule has 0 bridgehead atoms. The molecule has 6 heteroatoms. The van der Waals surface area contributed by atoms with Crippen LogP contribution in [-0.2, 0) is 9.53 Å². The van der Waals surface area contributed by atoms with Gasteiger partial charge in [-0.05, 0) is 41.2 Å². The summed E-state index contributed by atoms with van der Waals surface area (Å²) in [6, 6.07) is 0. The molecule has 0 aliphatic carbocycles. The highest BCUT2D eigenvalue weighted by molar-refractivity contribution is 8.17. The van der Waals surface area contributed by atoms with E-state index < -0.39 is 10.5 Å². The van der Waals surface area contributed by atoms with Gasteiger partial charge < -0.3 is 9.72 Å². The van der Waals surface area contributed by atoms with Crippen LogP contribution in [-0.4, -0.2) is 22.3 Å². The summed E-state index contributed by atoms with van der Waals surface area (Å²) in [6.45, 7) is 0.768. The van der Waals surface area contributed by atoms with E-state index in [4.69, 9.17) is 4.74 Å². The molecule has 2 unspecified atom stereocenters. The number of H-pyrrole nitrogens is 1. The van der Waals surface area contributed by atoms with Crippen LogP contribution in [0.15, 0.2) is 26.3 Å². The van der Waals surface area contributed by atoms with E-state index >= 15 is 0 Å². The Hall–Kier alpha value is -1.07. The van der Waals surface area contributed by atoms with Gasteiger partial charge in [-0.25, -0.2) is 4.79 Å². The Balaban J connectivity index is 1.90. The number of carbonyl (C=O) groups excluding carboxylic acids is 1. The zero-order chi connectivity index (χ0) is 13.2. The second-order valence-electron chi connectivity index (χ2n) is 4.36. The minimum atomic E-state index is -0.717. The van der Waals surface area contributed by atoms with Crippen molar-refractivity contribution in [1.29, 1.82) is 0 Å². The third-order valence-electron chi connectivity index (χ3n) is 3.12. The lowest BCUT2D eigenvalue weighted by atomic mass is 10.2. The van der Waals surface area contributed by atoms with Crippen LogP contribution < -0.4 is 5.43 Å². The van der Waals surface area contributed by atoms with Crippen molar-refractivity contribution in [2.75, 3.05) is 6.61 Å². The van der Waals surface area contributed by atoms with Crippen LogP contribution >= 0.6 is 22.2 Å². The minimum Gasteiger partial charge on any atom is -0.367 e. The lowest BCUT2D eigenvalue weighted by Gasteiger charge is -2.21. The van der Waals surface area contributed by atoms with Crippen molar-refractivity contribution >= 4 is 33.6 Å². The van der Waals surface area contributed by atoms with Crippen molar-refractivity contribution in [2.45, 2.75) is 34.6 Å². The molecule has 0 radical (unpaired) electrons. The molecule has 0 saturated carbocycles. The van der Waals surface area contributed by atoms with Crippen LogP contribution in [0.5, 0.6) is 0 Å². The van der Waals surface area contributed by atoms with Gasteiger partial charge in [-0.15, -0.1) is 0 Å². The molecule has 0 amide bonds. The number of fused-ring (bicyclic) bond motifs is 1. The van der Waals surface area contributed by atoms with E-state index in [1.165, 1.54) is 11.8 Å². The van der Waals surface area contributed by atoms with Gasteiger partial charge >= 0.3 is 0 Å². The van der Waals surface area contributed by atoms with Crippen molar-refractivity contribution in [2.24, 2.45) is 0 Å². The van der Waals surface area contributed by atoms with Crippen molar-refractivity contribution in [1.82, 2.24) is 4.98 Å². The first-order valence-corrected chi connectivity index (χ1v) is 8.29. The number of ether oxygens (including phenoxy) is 1. The van der Waals surface area contributed by atoms with Crippen LogP contribution in [0.1, 0.15) is 24.8 Å². The molecule has 3 rings (SSSR count). The Morgan fingerprint density at radius 3 is 3.11 bits per heavy atom. The Kier molecular flexibility index (Phi) is 3.75. The summed E-state index contributed by atoms with van der Waals surface area (Å²) in [5.74, 6) is 0. The first-order valence-electron chi connectivity index (χ1n) is 6.12. The lowest BCUT2D eigenvalue weighted by Crippen LogP contribution is -2.18. The van der Waals surface area contributed by atoms with Crippen molar-refractivity contribution < 1.29 is 9.53 Å². The lowest BCUT2D eigenvalue weighted by molar-refractivity contribution is 0.0728. The van der Waals surface area contributed by atoms with Gasteiger partial charge in [-0.3, -0.25) is 4.79 Å². The van der Waals surface area contributed by atoms with Gasteiger partial charge in [0.15, 0.2) is 5.23 Å². The maximum atomic E-state index is 12.3. The summed E-state index contributed by atoms with van der Waals surface area (Å²) >= 11 is 1.47.